The van der Waals surface area contributed by atoms with Crippen molar-refractivity contribution in [1.82, 2.24) is 20.8 Å². The molecule has 3 aromatic rings. The third-order valence-corrected chi connectivity index (χ3v) is 6.64. The van der Waals surface area contributed by atoms with Crippen molar-refractivity contribution < 1.29 is 18.0 Å². The van der Waals surface area contributed by atoms with Crippen molar-refractivity contribution in [3.63, 3.8) is 0 Å². The van der Waals surface area contributed by atoms with Gasteiger partial charge in [0.05, 0.1) is 16.8 Å². The maximum Gasteiger partial charge on any atom is 0.289 e. The molecule has 2 N–H and O–H groups in total. The largest absolute Gasteiger partial charge is 0.289 e. The molecule has 0 atom stereocenters. The zero-order valence-corrected chi connectivity index (χ0v) is 19.5. The van der Waals surface area contributed by atoms with E-state index in [0.717, 1.165) is 11.1 Å². The SMILES string of the molecule is Cc1cc(C)cc(N(CCC(=O)NNC(=O)c2cnccn2)S(=O)(=O)c2ccc(Cl)cc2)c1. The van der Waals surface area contributed by atoms with E-state index in [1.807, 2.05) is 19.9 Å². The van der Waals surface area contributed by atoms with Crippen LogP contribution in [0, 0.1) is 13.8 Å². The Kier molecular flexibility index (Phi) is 7.62. The van der Waals surface area contributed by atoms with E-state index in [0.29, 0.717) is 10.7 Å². The van der Waals surface area contributed by atoms with E-state index in [-0.39, 0.29) is 23.6 Å². The second-order valence-corrected chi connectivity index (χ2v) is 9.52. The van der Waals surface area contributed by atoms with Gasteiger partial charge in [-0.3, -0.25) is 29.7 Å². The monoisotopic (exact) mass is 487 g/mol. The van der Waals surface area contributed by atoms with E-state index in [1.54, 1.807) is 12.1 Å². The molecular formula is C22H22ClN5O4S. The molecule has 0 aliphatic heterocycles. The third-order valence-electron chi connectivity index (χ3n) is 4.55. The van der Waals surface area contributed by atoms with Crippen LogP contribution >= 0.6 is 11.6 Å². The Morgan fingerprint density at radius 2 is 1.67 bits per heavy atom. The average molecular weight is 488 g/mol. The van der Waals surface area contributed by atoms with Crippen molar-refractivity contribution in [1.29, 1.82) is 0 Å². The van der Waals surface area contributed by atoms with Gasteiger partial charge in [0, 0.05) is 30.4 Å². The summed E-state index contributed by atoms with van der Waals surface area (Å²) in [5.41, 5.74) is 6.71. The van der Waals surface area contributed by atoms with Gasteiger partial charge in [-0.15, -0.1) is 0 Å². The van der Waals surface area contributed by atoms with Crippen LogP contribution in [0.1, 0.15) is 28.0 Å². The Balaban J connectivity index is 1.78. The van der Waals surface area contributed by atoms with Gasteiger partial charge in [0.2, 0.25) is 5.91 Å². The van der Waals surface area contributed by atoms with E-state index in [1.165, 1.54) is 47.2 Å². The van der Waals surface area contributed by atoms with Gasteiger partial charge in [0.1, 0.15) is 5.69 Å². The van der Waals surface area contributed by atoms with E-state index < -0.39 is 21.8 Å². The number of carbonyl (C=O) groups is 2. The maximum absolute atomic E-state index is 13.4. The standard InChI is InChI=1S/C22H22ClN5O4S/c1-15-11-16(2)13-18(12-15)28(33(31,32)19-5-3-17(23)4-6-19)10-7-21(29)26-27-22(30)20-14-24-8-9-25-20/h3-6,8-9,11-14H,7,10H2,1-2H3,(H,26,29)(H,27,30). The summed E-state index contributed by atoms with van der Waals surface area (Å²) in [6.45, 7) is 3.57. The van der Waals surface area contributed by atoms with Crippen molar-refractivity contribution in [3.05, 3.63) is 82.9 Å². The molecule has 0 bridgehead atoms. The first-order valence-electron chi connectivity index (χ1n) is 9.88. The first-order valence-corrected chi connectivity index (χ1v) is 11.7. The third kappa shape index (κ3) is 6.27. The van der Waals surface area contributed by atoms with Crippen LogP contribution in [0.3, 0.4) is 0 Å². The molecule has 9 nitrogen and oxygen atoms in total. The normalized spacial score (nSPS) is 11.0. The molecule has 33 heavy (non-hydrogen) atoms. The molecule has 3 rings (SSSR count). The molecule has 11 heteroatoms. The zero-order chi connectivity index (χ0) is 24.0. The summed E-state index contributed by atoms with van der Waals surface area (Å²) in [5, 5.41) is 0.408. The predicted molar refractivity (Wildman–Crippen MR) is 124 cm³/mol. The number of nitrogens with zero attached hydrogens (tertiary/aromatic N) is 3. The minimum absolute atomic E-state index is 0.0278. The number of hydrogen-bond donors (Lipinski definition) is 2. The first kappa shape index (κ1) is 24.1. The lowest BCUT2D eigenvalue weighted by molar-refractivity contribution is -0.121. The Hall–Kier alpha value is -3.50. The van der Waals surface area contributed by atoms with Crippen LogP contribution in [0.2, 0.25) is 5.02 Å². The van der Waals surface area contributed by atoms with Crippen molar-refractivity contribution in [3.8, 4) is 0 Å². The number of aryl methyl sites for hydroxylation is 2. The molecule has 0 aliphatic carbocycles. The number of carbonyl (C=O) groups excluding carboxylic acids is 2. The molecule has 0 aliphatic rings. The summed E-state index contributed by atoms with van der Waals surface area (Å²) >= 11 is 5.90. The molecule has 0 unspecified atom stereocenters. The Morgan fingerprint density at radius 1 is 1.00 bits per heavy atom. The summed E-state index contributed by atoms with van der Waals surface area (Å²) < 4.78 is 28.0. The number of halogens is 1. The minimum Gasteiger partial charge on any atom is -0.273 e. The molecule has 0 spiro atoms. The van der Waals surface area contributed by atoms with Crippen LogP contribution in [0.4, 0.5) is 5.69 Å². The second kappa shape index (κ2) is 10.4. The Labute approximate surface area is 196 Å². The van der Waals surface area contributed by atoms with Crippen LogP contribution in [0.15, 0.2) is 66.0 Å². The van der Waals surface area contributed by atoms with Gasteiger partial charge in [0.25, 0.3) is 15.9 Å². The topological polar surface area (TPSA) is 121 Å². The molecule has 0 saturated carbocycles. The Bertz CT molecular complexity index is 1230. The van der Waals surface area contributed by atoms with Crippen LogP contribution in [0.5, 0.6) is 0 Å². The summed E-state index contributed by atoms with van der Waals surface area (Å²) in [6.07, 6.45) is 3.81. The lowest BCUT2D eigenvalue weighted by Crippen LogP contribution is -2.43. The van der Waals surface area contributed by atoms with E-state index in [2.05, 4.69) is 20.8 Å². The van der Waals surface area contributed by atoms with Crippen molar-refractivity contribution in [2.75, 3.05) is 10.8 Å². The molecule has 2 amide bonds. The number of benzene rings is 2. The van der Waals surface area contributed by atoms with Gasteiger partial charge in [0.15, 0.2) is 0 Å². The molecule has 2 aromatic carbocycles. The molecule has 1 aromatic heterocycles. The highest BCUT2D eigenvalue weighted by Crippen LogP contribution is 2.27. The number of rotatable bonds is 7. The summed E-state index contributed by atoms with van der Waals surface area (Å²) in [7, 11) is -3.99. The number of aromatic nitrogens is 2. The smallest absolute Gasteiger partial charge is 0.273 e. The molecule has 0 radical (unpaired) electrons. The quantitative estimate of drug-likeness (QED) is 0.494. The fourth-order valence-corrected chi connectivity index (χ4v) is 4.66. The number of hydrazine groups is 1. The summed E-state index contributed by atoms with van der Waals surface area (Å²) in [4.78, 5) is 32.0. The number of nitrogens with one attached hydrogen (secondary N) is 2. The van der Waals surface area contributed by atoms with Crippen molar-refractivity contribution in [2.24, 2.45) is 0 Å². The fourth-order valence-electron chi connectivity index (χ4n) is 3.09. The second-order valence-electron chi connectivity index (χ2n) is 7.22. The van der Waals surface area contributed by atoms with Crippen LogP contribution in [-0.2, 0) is 14.8 Å². The Morgan fingerprint density at radius 3 is 2.27 bits per heavy atom. The van der Waals surface area contributed by atoms with Gasteiger partial charge in [-0.05, 0) is 61.4 Å². The number of sulfonamides is 1. The zero-order valence-electron chi connectivity index (χ0n) is 17.9. The van der Waals surface area contributed by atoms with Crippen molar-refractivity contribution >= 4 is 39.1 Å². The minimum atomic E-state index is -3.99. The van der Waals surface area contributed by atoms with Crippen LogP contribution in [0.25, 0.3) is 0 Å². The van der Waals surface area contributed by atoms with E-state index >= 15 is 0 Å². The van der Waals surface area contributed by atoms with Crippen molar-refractivity contribution in [2.45, 2.75) is 25.2 Å². The molecule has 0 saturated heterocycles. The predicted octanol–water partition coefficient (Wildman–Crippen LogP) is 2.79. The van der Waals surface area contributed by atoms with Gasteiger partial charge in [-0.1, -0.05) is 17.7 Å². The van der Waals surface area contributed by atoms with Gasteiger partial charge >= 0.3 is 0 Å². The number of amides is 2. The molecule has 1 heterocycles. The maximum atomic E-state index is 13.4. The number of hydrogen-bond acceptors (Lipinski definition) is 6. The van der Waals surface area contributed by atoms with E-state index in [4.69, 9.17) is 11.6 Å². The molecule has 0 fully saturated rings. The molecule has 172 valence electrons. The highest BCUT2D eigenvalue weighted by atomic mass is 35.5. The highest BCUT2D eigenvalue weighted by molar-refractivity contribution is 7.92. The van der Waals surface area contributed by atoms with E-state index in [9.17, 15) is 18.0 Å². The first-order chi connectivity index (χ1) is 15.7. The van der Waals surface area contributed by atoms with Crippen LogP contribution in [-0.4, -0.2) is 36.7 Å². The van der Waals surface area contributed by atoms with Gasteiger partial charge in [-0.2, -0.15) is 0 Å². The number of anilines is 1. The van der Waals surface area contributed by atoms with Crippen LogP contribution < -0.4 is 15.2 Å². The summed E-state index contributed by atoms with van der Waals surface area (Å²) in [5.74, 6) is -1.22. The lowest BCUT2D eigenvalue weighted by atomic mass is 10.1. The summed E-state index contributed by atoms with van der Waals surface area (Å²) in [6, 6.07) is 11.2. The van der Waals surface area contributed by atoms with Gasteiger partial charge in [-0.25, -0.2) is 13.4 Å². The highest BCUT2D eigenvalue weighted by Gasteiger charge is 2.26. The average Bonchev–Trinajstić information content (AvgIpc) is 2.77. The lowest BCUT2D eigenvalue weighted by Gasteiger charge is -2.25. The fraction of sp³-hybridized carbons (Fsp3) is 0.182. The molecular weight excluding hydrogens is 466 g/mol. The van der Waals surface area contributed by atoms with Gasteiger partial charge < -0.3 is 0 Å².